The predicted molar refractivity (Wildman–Crippen MR) is 121 cm³/mol. The molecule has 170 valence electrons. The summed E-state index contributed by atoms with van der Waals surface area (Å²) >= 11 is 6.62. The molecule has 3 heteroatoms. The minimum absolute atomic E-state index is 0.269. The van der Waals surface area contributed by atoms with E-state index in [9.17, 15) is 0 Å². The van der Waals surface area contributed by atoms with E-state index in [1.807, 2.05) is 0 Å². The van der Waals surface area contributed by atoms with Gasteiger partial charge in [0.1, 0.15) is 0 Å². The lowest BCUT2D eigenvalue weighted by Crippen LogP contribution is -2.54. The first-order valence-electron chi connectivity index (χ1n) is 13.2. The number of fused-ring (bicyclic) bond motifs is 7. The van der Waals surface area contributed by atoms with Crippen LogP contribution in [0.4, 0.5) is 0 Å². The van der Waals surface area contributed by atoms with E-state index in [1.54, 1.807) is 0 Å². The zero-order chi connectivity index (χ0) is 20.9. The van der Waals surface area contributed by atoms with Gasteiger partial charge in [0, 0.05) is 17.7 Å². The summed E-state index contributed by atoms with van der Waals surface area (Å²) in [5.74, 6) is 5.23. The Bertz CT molecular complexity index is 686. The number of ether oxygens (including phenoxy) is 2. The maximum atomic E-state index is 6.92. The van der Waals surface area contributed by atoms with Gasteiger partial charge < -0.3 is 9.47 Å². The van der Waals surface area contributed by atoms with Crippen molar-refractivity contribution in [1.82, 2.24) is 0 Å². The standard InChI is InChI=1S/C27H43ClO2/c1-16-7-12-27(29-15-16)17(2)24-23(30-27)14-22-20-6-5-18-13-19(28)8-10-25(18,3)21(20)9-11-26(22,24)4/h16-24H,5-15H2,1-4H3/t16-,17-,18?,19-,20?,21?,22?,23?,24?,25-,26-,27+/m0/s1. The molecule has 2 nitrogen and oxygen atoms in total. The van der Waals surface area contributed by atoms with Gasteiger partial charge >= 0.3 is 0 Å². The number of hydrogen-bond donors (Lipinski definition) is 0. The Kier molecular flexibility index (Phi) is 4.75. The molecule has 4 saturated carbocycles. The van der Waals surface area contributed by atoms with Crippen molar-refractivity contribution >= 4 is 11.6 Å². The lowest BCUT2D eigenvalue weighted by atomic mass is 9.44. The molecule has 6 aliphatic rings. The van der Waals surface area contributed by atoms with Crippen LogP contribution in [0.1, 0.15) is 91.9 Å². The van der Waals surface area contributed by atoms with Crippen molar-refractivity contribution in [3.8, 4) is 0 Å². The molecule has 30 heavy (non-hydrogen) atoms. The SMILES string of the molecule is C[C@H]1CC[C@@]2(OC1)OC1CC3C4CCC5C[C@@H](Cl)CC[C@]5(C)C4CC[C@]3(C)C1[C@@H]2C. The summed E-state index contributed by atoms with van der Waals surface area (Å²) in [7, 11) is 0. The second kappa shape index (κ2) is 6.86. The van der Waals surface area contributed by atoms with Gasteiger partial charge in [-0.05, 0) is 104 Å². The zero-order valence-electron chi connectivity index (χ0n) is 19.7. The van der Waals surface area contributed by atoms with Crippen molar-refractivity contribution < 1.29 is 9.47 Å². The summed E-state index contributed by atoms with van der Waals surface area (Å²) < 4.78 is 13.4. The van der Waals surface area contributed by atoms with Crippen LogP contribution in [0.25, 0.3) is 0 Å². The second-order valence-electron chi connectivity index (χ2n) is 13.0. The van der Waals surface area contributed by atoms with E-state index in [0.29, 0.717) is 40.1 Å². The Morgan fingerprint density at radius 3 is 2.40 bits per heavy atom. The van der Waals surface area contributed by atoms with Crippen molar-refractivity contribution in [2.24, 2.45) is 52.3 Å². The van der Waals surface area contributed by atoms with E-state index in [0.717, 1.165) is 36.7 Å². The van der Waals surface area contributed by atoms with Crippen LogP contribution < -0.4 is 0 Å². The van der Waals surface area contributed by atoms with Gasteiger partial charge in [0.05, 0.1) is 12.7 Å². The van der Waals surface area contributed by atoms with Crippen molar-refractivity contribution in [1.29, 1.82) is 0 Å². The van der Waals surface area contributed by atoms with Gasteiger partial charge in [-0.1, -0.05) is 27.7 Å². The molecule has 6 fully saturated rings. The van der Waals surface area contributed by atoms with Crippen LogP contribution in [0, 0.1) is 52.3 Å². The largest absolute Gasteiger partial charge is 0.349 e. The van der Waals surface area contributed by atoms with Crippen LogP contribution >= 0.6 is 11.6 Å². The van der Waals surface area contributed by atoms with Crippen LogP contribution in [-0.2, 0) is 9.47 Å². The lowest BCUT2D eigenvalue weighted by Gasteiger charge is -2.61. The van der Waals surface area contributed by atoms with Crippen LogP contribution in [0.15, 0.2) is 0 Å². The van der Waals surface area contributed by atoms with E-state index >= 15 is 0 Å². The zero-order valence-corrected chi connectivity index (χ0v) is 20.4. The summed E-state index contributed by atoms with van der Waals surface area (Å²) in [5, 5.41) is 0.433. The smallest absolute Gasteiger partial charge is 0.171 e. The molecule has 2 saturated heterocycles. The van der Waals surface area contributed by atoms with E-state index in [1.165, 1.54) is 57.8 Å². The first kappa shape index (κ1) is 20.8. The second-order valence-corrected chi connectivity index (χ2v) is 13.7. The van der Waals surface area contributed by atoms with Gasteiger partial charge in [0.2, 0.25) is 0 Å². The molecule has 2 heterocycles. The van der Waals surface area contributed by atoms with Gasteiger partial charge in [-0.3, -0.25) is 0 Å². The maximum absolute atomic E-state index is 6.92. The van der Waals surface area contributed by atoms with Crippen LogP contribution in [-0.4, -0.2) is 23.9 Å². The Hall–Kier alpha value is 0.210. The fraction of sp³-hybridized carbons (Fsp3) is 1.00. The Balaban J connectivity index is 1.26. The molecular weight excluding hydrogens is 392 g/mol. The summed E-state index contributed by atoms with van der Waals surface area (Å²) in [5.41, 5.74) is 0.998. The molecule has 6 rings (SSSR count). The van der Waals surface area contributed by atoms with E-state index in [-0.39, 0.29) is 5.79 Å². The number of alkyl halides is 1. The van der Waals surface area contributed by atoms with Gasteiger partial charge in [-0.25, -0.2) is 0 Å². The lowest BCUT2D eigenvalue weighted by molar-refractivity contribution is -0.273. The first-order valence-corrected chi connectivity index (χ1v) is 13.7. The summed E-state index contributed by atoms with van der Waals surface area (Å²) in [6.45, 7) is 11.0. The third-order valence-electron chi connectivity index (χ3n) is 11.9. The number of rotatable bonds is 0. The highest BCUT2D eigenvalue weighted by atomic mass is 35.5. The fourth-order valence-electron chi connectivity index (χ4n) is 10.2. The van der Waals surface area contributed by atoms with Crippen molar-refractivity contribution in [3.63, 3.8) is 0 Å². The molecule has 0 aromatic heterocycles. The summed E-state index contributed by atoms with van der Waals surface area (Å²) in [6, 6.07) is 0. The van der Waals surface area contributed by atoms with Gasteiger partial charge in [0.15, 0.2) is 5.79 Å². The highest BCUT2D eigenvalue weighted by molar-refractivity contribution is 6.20. The van der Waals surface area contributed by atoms with Crippen LogP contribution in [0.2, 0.25) is 0 Å². The van der Waals surface area contributed by atoms with Crippen molar-refractivity contribution in [2.75, 3.05) is 6.61 Å². The normalized spacial score (nSPS) is 62.5. The molecule has 6 unspecified atom stereocenters. The molecule has 0 N–H and O–H groups in total. The first-order chi connectivity index (χ1) is 14.3. The molecule has 0 bridgehead atoms. The average Bonchev–Trinajstić information content (AvgIpc) is 3.16. The number of halogens is 1. The van der Waals surface area contributed by atoms with Crippen LogP contribution in [0.3, 0.4) is 0 Å². The highest BCUT2D eigenvalue weighted by Crippen LogP contribution is 2.71. The topological polar surface area (TPSA) is 18.5 Å². The third-order valence-corrected chi connectivity index (χ3v) is 12.3. The summed E-state index contributed by atoms with van der Waals surface area (Å²) in [4.78, 5) is 0. The minimum atomic E-state index is -0.269. The average molecular weight is 435 g/mol. The third kappa shape index (κ3) is 2.68. The molecular formula is C27H43ClO2. The minimum Gasteiger partial charge on any atom is -0.349 e. The van der Waals surface area contributed by atoms with Crippen molar-refractivity contribution in [2.45, 2.75) is 109 Å². The predicted octanol–water partition coefficient (Wildman–Crippen LogP) is 7.04. The van der Waals surface area contributed by atoms with E-state index in [2.05, 4.69) is 27.7 Å². The maximum Gasteiger partial charge on any atom is 0.171 e. The molecule has 0 amide bonds. The van der Waals surface area contributed by atoms with E-state index in [4.69, 9.17) is 21.1 Å². The monoisotopic (exact) mass is 434 g/mol. The molecule has 2 aliphatic heterocycles. The van der Waals surface area contributed by atoms with Gasteiger partial charge in [-0.15, -0.1) is 11.6 Å². The Morgan fingerprint density at radius 1 is 0.833 bits per heavy atom. The molecule has 4 aliphatic carbocycles. The Morgan fingerprint density at radius 2 is 1.63 bits per heavy atom. The van der Waals surface area contributed by atoms with Gasteiger partial charge in [0.25, 0.3) is 0 Å². The van der Waals surface area contributed by atoms with Crippen LogP contribution in [0.5, 0.6) is 0 Å². The van der Waals surface area contributed by atoms with Gasteiger partial charge in [-0.2, -0.15) is 0 Å². The number of hydrogen-bond acceptors (Lipinski definition) is 2. The molecule has 0 aromatic carbocycles. The fourth-order valence-corrected chi connectivity index (χ4v) is 10.5. The highest BCUT2D eigenvalue weighted by Gasteiger charge is 2.69. The Labute approximate surface area is 189 Å². The molecule has 0 aromatic rings. The molecule has 1 spiro atoms. The molecule has 0 radical (unpaired) electrons. The molecule has 12 atom stereocenters. The quantitative estimate of drug-likeness (QED) is 0.380. The summed E-state index contributed by atoms with van der Waals surface area (Å²) in [6.07, 6.45) is 13.7. The van der Waals surface area contributed by atoms with Crippen molar-refractivity contribution in [3.05, 3.63) is 0 Å². The van der Waals surface area contributed by atoms with E-state index < -0.39 is 0 Å².